The highest BCUT2D eigenvalue weighted by Gasteiger charge is 2.22. The van der Waals surface area contributed by atoms with Crippen LogP contribution >= 0.6 is 0 Å². The minimum Gasteiger partial charge on any atom is -0.394 e. The molecule has 5 nitrogen and oxygen atoms in total. The van der Waals surface area contributed by atoms with Crippen molar-refractivity contribution in [3.8, 4) is 0 Å². The molecule has 0 aromatic heterocycles. The van der Waals surface area contributed by atoms with Gasteiger partial charge in [0.1, 0.15) is 6.10 Å². The van der Waals surface area contributed by atoms with Crippen LogP contribution in [0.25, 0.3) is 0 Å². The fraction of sp³-hybridized carbons (Fsp3) is 0.911. The predicted molar refractivity (Wildman–Crippen MR) is 268 cm³/mol. The van der Waals surface area contributed by atoms with Gasteiger partial charge in [-0.15, -0.1) is 0 Å². The van der Waals surface area contributed by atoms with Crippen molar-refractivity contribution in [3.05, 3.63) is 24.3 Å². The summed E-state index contributed by atoms with van der Waals surface area (Å²) in [7, 11) is 0. The van der Waals surface area contributed by atoms with Gasteiger partial charge >= 0.3 is 0 Å². The summed E-state index contributed by atoms with van der Waals surface area (Å²) in [5.74, 6) is -0.500. The van der Waals surface area contributed by atoms with E-state index in [9.17, 15) is 20.1 Å². The summed E-state index contributed by atoms with van der Waals surface area (Å²) < 4.78 is 0. The fourth-order valence-electron chi connectivity index (χ4n) is 8.71. The first-order valence-electron chi connectivity index (χ1n) is 27.7. The van der Waals surface area contributed by atoms with Gasteiger partial charge in [-0.2, -0.15) is 0 Å². The van der Waals surface area contributed by atoms with Gasteiger partial charge in [-0.3, -0.25) is 4.79 Å². The van der Waals surface area contributed by atoms with Crippen molar-refractivity contribution >= 4 is 5.91 Å². The minimum atomic E-state index is -1.10. The summed E-state index contributed by atoms with van der Waals surface area (Å²) in [4.78, 5) is 12.5. The first-order valence-corrected chi connectivity index (χ1v) is 27.7. The van der Waals surface area contributed by atoms with Crippen LogP contribution in [0.15, 0.2) is 24.3 Å². The number of aliphatic hydroxyl groups excluding tert-OH is 3. The molecule has 0 aliphatic carbocycles. The van der Waals surface area contributed by atoms with Crippen LogP contribution in [0, 0.1) is 0 Å². The molecule has 61 heavy (non-hydrogen) atoms. The van der Waals surface area contributed by atoms with Crippen molar-refractivity contribution in [3.63, 3.8) is 0 Å². The standard InChI is InChI=1S/C56H109NO4/c1-3-5-7-9-11-13-15-17-19-21-23-25-27-28-29-31-33-35-37-39-41-43-45-47-49-51-55(60)56(61)57-53(52-58)54(59)50-48-46-44-42-40-38-36-34-32-30-26-24-22-20-18-16-14-12-10-8-6-4-2/h28-29,48,50,53-55,58-60H,3-27,30-47,49,51-52H2,1-2H3,(H,57,61)/b29-28-,50-48+. The van der Waals surface area contributed by atoms with E-state index in [0.29, 0.717) is 6.42 Å². The van der Waals surface area contributed by atoms with Crippen LogP contribution in [0.1, 0.15) is 303 Å². The Kier molecular flexibility index (Phi) is 50.5. The van der Waals surface area contributed by atoms with E-state index in [1.165, 1.54) is 250 Å². The van der Waals surface area contributed by atoms with E-state index in [2.05, 4.69) is 31.3 Å². The lowest BCUT2D eigenvalue weighted by molar-refractivity contribution is -0.131. The summed E-state index contributed by atoms with van der Waals surface area (Å²) in [6.45, 7) is 4.22. The molecule has 0 saturated carbocycles. The average Bonchev–Trinajstić information content (AvgIpc) is 3.26. The first-order chi connectivity index (χ1) is 30.1. The molecule has 3 unspecified atom stereocenters. The molecule has 362 valence electrons. The van der Waals surface area contributed by atoms with E-state index >= 15 is 0 Å². The molecule has 5 heteroatoms. The SMILES string of the molecule is CCCCCCCCCCCCCC/C=C\CCCCCCCCCCCC(O)C(=O)NC(CO)C(O)/C=C/CCCCCCCCCCCCCCCCCCCCCC. The number of rotatable bonds is 51. The van der Waals surface area contributed by atoms with Gasteiger partial charge < -0.3 is 20.6 Å². The lowest BCUT2D eigenvalue weighted by atomic mass is 10.0. The number of amides is 1. The zero-order valence-corrected chi connectivity index (χ0v) is 41.3. The third-order valence-electron chi connectivity index (χ3n) is 13.0. The molecule has 4 N–H and O–H groups in total. The highest BCUT2D eigenvalue weighted by molar-refractivity contribution is 5.80. The zero-order chi connectivity index (χ0) is 44.4. The zero-order valence-electron chi connectivity index (χ0n) is 41.3. The molecule has 0 fully saturated rings. The Hall–Kier alpha value is -1.17. The molecule has 0 aliphatic rings. The van der Waals surface area contributed by atoms with Crippen LogP contribution < -0.4 is 5.32 Å². The Bertz CT molecular complexity index is 905. The van der Waals surface area contributed by atoms with Crippen LogP contribution in [-0.4, -0.2) is 46.1 Å². The number of hydrogen-bond donors (Lipinski definition) is 4. The van der Waals surface area contributed by atoms with Gasteiger partial charge in [0, 0.05) is 0 Å². The van der Waals surface area contributed by atoms with Gasteiger partial charge in [-0.25, -0.2) is 0 Å². The molecule has 0 heterocycles. The summed E-state index contributed by atoms with van der Waals surface area (Å²) in [6.07, 6.45) is 65.3. The Labute approximate surface area is 382 Å². The summed E-state index contributed by atoms with van der Waals surface area (Å²) in [5, 5.41) is 33.4. The van der Waals surface area contributed by atoms with E-state index in [1.807, 2.05) is 6.08 Å². The number of nitrogens with one attached hydrogen (secondary N) is 1. The van der Waals surface area contributed by atoms with Crippen LogP contribution in [0.4, 0.5) is 0 Å². The van der Waals surface area contributed by atoms with E-state index in [0.717, 1.165) is 32.1 Å². The smallest absolute Gasteiger partial charge is 0.249 e. The molecule has 0 bridgehead atoms. The van der Waals surface area contributed by atoms with Gasteiger partial charge in [-0.1, -0.05) is 282 Å². The maximum Gasteiger partial charge on any atom is 0.249 e. The van der Waals surface area contributed by atoms with Crippen molar-refractivity contribution in [2.24, 2.45) is 0 Å². The molecule has 0 aromatic carbocycles. The topological polar surface area (TPSA) is 89.8 Å². The summed E-state index contributed by atoms with van der Waals surface area (Å²) >= 11 is 0. The fourth-order valence-corrected chi connectivity index (χ4v) is 8.71. The van der Waals surface area contributed by atoms with Crippen LogP contribution in [0.3, 0.4) is 0 Å². The second-order valence-electron chi connectivity index (χ2n) is 19.1. The lowest BCUT2D eigenvalue weighted by Gasteiger charge is -2.21. The van der Waals surface area contributed by atoms with Crippen molar-refractivity contribution in [2.75, 3.05) is 6.61 Å². The van der Waals surface area contributed by atoms with E-state index in [1.54, 1.807) is 6.08 Å². The molecule has 3 atom stereocenters. The Balaban J connectivity index is 3.58. The number of aliphatic hydroxyl groups is 3. The van der Waals surface area contributed by atoms with Crippen LogP contribution in [-0.2, 0) is 4.79 Å². The summed E-state index contributed by atoms with van der Waals surface area (Å²) in [6, 6.07) is -0.798. The molecule has 0 aromatic rings. The van der Waals surface area contributed by atoms with E-state index < -0.39 is 24.2 Å². The van der Waals surface area contributed by atoms with Gasteiger partial charge in [0.25, 0.3) is 0 Å². The summed E-state index contributed by atoms with van der Waals surface area (Å²) in [5.41, 5.74) is 0. The monoisotopic (exact) mass is 860 g/mol. The third kappa shape index (κ3) is 46.6. The Morgan fingerprint density at radius 1 is 0.393 bits per heavy atom. The van der Waals surface area contributed by atoms with Crippen LogP contribution in [0.5, 0.6) is 0 Å². The maximum absolute atomic E-state index is 12.5. The van der Waals surface area contributed by atoms with Crippen molar-refractivity contribution < 1.29 is 20.1 Å². The Morgan fingerprint density at radius 3 is 0.951 bits per heavy atom. The van der Waals surface area contributed by atoms with Crippen LogP contribution in [0.2, 0.25) is 0 Å². The molecule has 0 radical (unpaired) electrons. The Morgan fingerprint density at radius 2 is 0.656 bits per heavy atom. The van der Waals surface area contributed by atoms with E-state index in [4.69, 9.17) is 0 Å². The van der Waals surface area contributed by atoms with Gasteiger partial charge in [-0.05, 0) is 44.9 Å². The highest BCUT2D eigenvalue weighted by atomic mass is 16.3. The molecule has 0 aliphatic heterocycles. The predicted octanol–water partition coefficient (Wildman–Crippen LogP) is 16.9. The molecule has 0 spiro atoms. The van der Waals surface area contributed by atoms with Gasteiger partial charge in [0.15, 0.2) is 0 Å². The van der Waals surface area contributed by atoms with Crippen molar-refractivity contribution in [1.82, 2.24) is 5.32 Å². The second kappa shape index (κ2) is 51.5. The highest BCUT2D eigenvalue weighted by Crippen LogP contribution is 2.17. The van der Waals surface area contributed by atoms with Gasteiger partial charge in [0.05, 0.1) is 18.8 Å². The lowest BCUT2D eigenvalue weighted by Crippen LogP contribution is -2.48. The number of unbranched alkanes of at least 4 members (excludes halogenated alkanes) is 41. The number of hydrogen-bond acceptors (Lipinski definition) is 4. The second-order valence-corrected chi connectivity index (χ2v) is 19.1. The largest absolute Gasteiger partial charge is 0.394 e. The van der Waals surface area contributed by atoms with Crippen molar-refractivity contribution in [1.29, 1.82) is 0 Å². The van der Waals surface area contributed by atoms with Crippen molar-refractivity contribution in [2.45, 2.75) is 321 Å². The molecular formula is C56H109NO4. The number of carbonyl (C=O) groups is 1. The van der Waals surface area contributed by atoms with E-state index in [-0.39, 0.29) is 6.61 Å². The molecule has 0 saturated heterocycles. The minimum absolute atomic E-state index is 0.362. The quantitative estimate of drug-likeness (QED) is 0.0362. The molecular weight excluding hydrogens is 751 g/mol. The third-order valence-corrected chi connectivity index (χ3v) is 13.0. The number of carbonyl (C=O) groups excluding carboxylic acids is 1. The normalized spacial score (nSPS) is 13.5. The molecule has 0 rings (SSSR count). The van der Waals surface area contributed by atoms with Gasteiger partial charge in [0.2, 0.25) is 5.91 Å². The molecule has 1 amide bonds. The average molecular weight is 860 g/mol. The maximum atomic E-state index is 12.5. The number of allylic oxidation sites excluding steroid dienone is 3. The first kappa shape index (κ1) is 59.8.